The third kappa shape index (κ3) is 3.78. The summed E-state index contributed by atoms with van der Waals surface area (Å²) in [4.78, 5) is 47.3. The predicted molar refractivity (Wildman–Crippen MR) is 104 cm³/mol. The number of likely N-dealkylation sites (tertiary alicyclic amines) is 1. The smallest absolute Gasteiger partial charge is 0.327 e. The summed E-state index contributed by atoms with van der Waals surface area (Å²) in [6, 6.07) is 2.95. The van der Waals surface area contributed by atoms with Gasteiger partial charge < -0.3 is 19.6 Å². The SMILES string of the molecule is COc1ccc(C(=O)N2CCC3(CC2)C(=O)N(CCO)C(=O)N3CC(C)C)cn1. The van der Waals surface area contributed by atoms with E-state index in [-0.39, 0.29) is 36.9 Å². The van der Waals surface area contributed by atoms with E-state index in [0.717, 1.165) is 4.90 Å². The number of urea groups is 1. The van der Waals surface area contributed by atoms with Crippen molar-refractivity contribution in [2.24, 2.45) is 5.92 Å². The zero-order valence-corrected chi connectivity index (χ0v) is 17.1. The molecule has 1 spiro atoms. The van der Waals surface area contributed by atoms with Gasteiger partial charge in [-0.3, -0.25) is 14.5 Å². The predicted octanol–water partition coefficient (Wildman–Crippen LogP) is 0.977. The molecule has 0 aromatic carbocycles. The Morgan fingerprint density at radius 1 is 1.28 bits per heavy atom. The molecule has 2 aliphatic rings. The molecule has 9 nitrogen and oxygen atoms in total. The molecular weight excluding hydrogens is 376 g/mol. The van der Waals surface area contributed by atoms with Gasteiger partial charge in [0.15, 0.2) is 0 Å². The van der Waals surface area contributed by atoms with Crippen LogP contribution in [0.25, 0.3) is 0 Å². The number of nitrogens with zero attached hydrogens (tertiary/aromatic N) is 4. The van der Waals surface area contributed by atoms with Crippen molar-refractivity contribution in [3.8, 4) is 5.88 Å². The van der Waals surface area contributed by atoms with Gasteiger partial charge in [-0.2, -0.15) is 0 Å². The minimum atomic E-state index is -0.939. The summed E-state index contributed by atoms with van der Waals surface area (Å²) in [5.41, 5.74) is -0.484. The minimum absolute atomic E-state index is 0.00578. The van der Waals surface area contributed by atoms with Gasteiger partial charge in [-0.1, -0.05) is 13.8 Å². The molecule has 0 aliphatic carbocycles. The zero-order chi connectivity index (χ0) is 21.2. The highest BCUT2D eigenvalue weighted by Gasteiger charge is 2.58. The fourth-order valence-electron chi connectivity index (χ4n) is 4.07. The van der Waals surface area contributed by atoms with Crippen LogP contribution in [0.15, 0.2) is 18.3 Å². The van der Waals surface area contributed by atoms with Gasteiger partial charge in [0.1, 0.15) is 5.54 Å². The number of amides is 4. The van der Waals surface area contributed by atoms with E-state index in [1.54, 1.807) is 21.9 Å². The van der Waals surface area contributed by atoms with Crippen LogP contribution in [0, 0.1) is 5.92 Å². The van der Waals surface area contributed by atoms with E-state index in [1.807, 2.05) is 13.8 Å². The first kappa shape index (κ1) is 21.0. The molecule has 158 valence electrons. The maximum atomic E-state index is 13.1. The Kier molecular flexibility index (Phi) is 6.07. The van der Waals surface area contributed by atoms with Gasteiger partial charge in [0.2, 0.25) is 5.88 Å². The van der Waals surface area contributed by atoms with Crippen LogP contribution >= 0.6 is 0 Å². The lowest BCUT2D eigenvalue weighted by Crippen LogP contribution is -2.58. The summed E-state index contributed by atoms with van der Waals surface area (Å²) in [5, 5.41) is 9.26. The third-order valence-corrected chi connectivity index (χ3v) is 5.56. The summed E-state index contributed by atoms with van der Waals surface area (Å²) in [6.07, 6.45) is 2.23. The number of carbonyl (C=O) groups is 3. The van der Waals surface area contributed by atoms with Gasteiger partial charge >= 0.3 is 6.03 Å². The van der Waals surface area contributed by atoms with Gasteiger partial charge in [-0.25, -0.2) is 9.78 Å². The fourth-order valence-corrected chi connectivity index (χ4v) is 4.07. The number of aromatic nitrogens is 1. The molecule has 0 unspecified atom stereocenters. The summed E-state index contributed by atoms with van der Waals surface area (Å²) in [5.74, 6) is 0.204. The molecule has 2 fully saturated rings. The number of aliphatic hydroxyl groups is 1. The first-order valence-corrected chi connectivity index (χ1v) is 9.88. The Balaban J connectivity index is 1.77. The molecule has 0 bridgehead atoms. The Labute approximate surface area is 170 Å². The molecule has 2 aliphatic heterocycles. The van der Waals surface area contributed by atoms with Gasteiger partial charge in [-0.05, 0) is 24.8 Å². The van der Waals surface area contributed by atoms with E-state index < -0.39 is 5.54 Å². The lowest BCUT2D eigenvalue weighted by molar-refractivity contribution is -0.135. The monoisotopic (exact) mass is 404 g/mol. The highest BCUT2D eigenvalue weighted by Crippen LogP contribution is 2.38. The molecule has 1 aromatic rings. The van der Waals surface area contributed by atoms with E-state index in [1.165, 1.54) is 13.3 Å². The Bertz CT molecular complexity index is 772. The van der Waals surface area contributed by atoms with Crippen LogP contribution in [0.1, 0.15) is 37.0 Å². The van der Waals surface area contributed by atoms with Gasteiger partial charge in [-0.15, -0.1) is 0 Å². The molecule has 29 heavy (non-hydrogen) atoms. The summed E-state index contributed by atoms with van der Waals surface area (Å²) in [6.45, 7) is 4.91. The maximum absolute atomic E-state index is 13.1. The van der Waals surface area contributed by atoms with E-state index in [9.17, 15) is 19.5 Å². The largest absolute Gasteiger partial charge is 0.481 e. The first-order chi connectivity index (χ1) is 13.8. The highest BCUT2D eigenvalue weighted by molar-refractivity contribution is 6.07. The molecule has 1 N–H and O–H groups in total. The van der Waals surface area contributed by atoms with Gasteiger partial charge in [0, 0.05) is 31.9 Å². The number of hydrogen-bond acceptors (Lipinski definition) is 6. The average molecular weight is 404 g/mol. The number of rotatable bonds is 6. The molecule has 1 aromatic heterocycles. The molecule has 9 heteroatoms. The van der Waals surface area contributed by atoms with E-state index >= 15 is 0 Å². The second-order valence-electron chi connectivity index (χ2n) is 7.88. The van der Waals surface area contributed by atoms with E-state index in [2.05, 4.69) is 4.98 Å². The number of methoxy groups -OCH3 is 1. The Morgan fingerprint density at radius 2 is 1.97 bits per heavy atom. The minimum Gasteiger partial charge on any atom is -0.481 e. The number of imide groups is 1. The van der Waals surface area contributed by atoms with E-state index in [4.69, 9.17) is 4.74 Å². The molecule has 2 saturated heterocycles. The topological polar surface area (TPSA) is 103 Å². The fraction of sp³-hybridized carbons (Fsp3) is 0.600. The van der Waals surface area contributed by atoms with Crippen LogP contribution in [-0.4, -0.2) is 88.1 Å². The number of aliphatic hydroxyl groups excluding tert-OH is 1. The number of ether oxygens (including phenoxy) is 1. The van der Waals surface area contributed by atoms with Gasteiger partial charge in [0.25, 0.3) is 11.8 Å². The quantitative estimate of drug-likeness (QED) is 0.709. The normalized spacial score (nSPS) is 18.9. The van der Waals surface area contributed by atoms with Crippen LogP contribution in [-0.2, 0) is 4.79 Å². The summed E-state index contributed by atoms with van der Waals surface area (Å²) < 4.78 is 5.02. The molecule has 3 rings (SSSR count). The maximum Gasteiger partial charge on any atom is 0.327 e. The number of carbonyl (C=O) groups excluding carboxylic acids is 3. The molecule has 4 amide bonds. The highest BCUT2D eigenvalue weighted by atomic mass is 16.5. The Hall–Kier alpha value is -2.68. The van der Waals surface area contributed by atoms with E-state index in [0.29, 0.717) is 43.9 Å². The lowest BCUT2D eigenvalue weighted by atomic mass is 9.85. The average Bonchev–Trinajstić information content (AvgIpc) is 2.90. The standard InChI is InChI=1S/C20H28N4O5/c1-14(2)13-24-19(28)23(10-11-25)18(27)20(24)6-8-22(9-7-20)17(26)15-4-5-16(29-3)21-12-15/h4-5,12,14,25H,6-11,13H2,1-3H3. The molecule has 3 heterocycles. The van der Waals surface area contributed by atoms with Crippen LogP contribution in [0.2, 0.25) is 0 Å². The van der Waals surface area contributed by atoms with Gasteiger partial charge in [0.05, 0.1) is 25.8 Å². The van der Waals surface area contributed by atoms with Crippen molar-refractivity contribution in [3.05, 3.63) is 23.9 Å². The third-order valence-electron chi connectivity index (χ3n) is 5.56. The summed E-state index contributed by atoms with van der Waals surface area (Å²) >= 11 is 0. The number of β-amino-alcohol motifs (C(OH)–C–C–N with tert-alkyl or cyclic N) is 1. The first-order valence-electron chi connectivity index (χ1n) is 9.88. The van der Waals surface area contributed by atoms with Crippen molar-refractivity contribution in [2.75, 3.05) is 39.9 Å². The van der Waals surface area contributed by atoms with Crippen LogP contribution in [0.3, 0.4) is 0 Å². The Morgan fingerprint density at radius 3 is 2.48 bits per heavy atom. The van der Waals surface area contributed by atoms with Crippen molar-refractivity contribution < 1.29 is 24.2 Å². The van der Waals surface area contributed by atoms with Crippen LogP contribution in [0.4, 0.5) is 4.79 Å². The number of piperidine rings is 1. The second-order valence-corrected chi connectivity index (χ2v) is 7.88. The summed E-state index contributed by atoms with van der Waals surface area (Å²) in [7, 11) is 1.51. The lowest BCUT2D eigenvalue weighted by Gasteiger charge is -2.42. The zero-order valence-electron chi connectivity index (χ0n) is 17.1. The van der Waals surface area contributed by atoms with Crippen molar-refractivity contribution in [2.45, 2.75) is 32.2 Å². The second kappa shape index (κ2) is 8.36. The van der Waals surface area contributed by atoms with Crippen LogP contribution < -0.4 is 4.74 Å². The number of pyridine rings is 1. The molecule has 0 radical (unpaired) electrons. The van der Waals surface area contributed by atoms with Crippen molar-refractivity contribution in [3.63, 3.8) is 0 Å². The van der Waals surface area contributed by atoms with Crippen molar-refractivity contribution >= 4 is 17.8 Å². The van der Waals surface area contributed by atoms with Crippen molar-refractivity contribution in [1.82, 2.24) is 19.7 Å². The molecule has 0 saturated carbocycles. The number of hydrogen-bond donors (Lipinski definition) is 1. The molecule has 0 atom stereocenters. The van der Waals surface area contributed by atoms with Crippen molar-refractivity contribution in [1.29, 1.82) is 0 Å². The molecular formula is C20H28N4O5. The van der Waals surface area contributed by atoms with Crippen LogP contribution in [0.5, 0.6) is 5.88 Å².